The smallest absolute Gasteiger partial charge is 0.244 e. The maximum absolute atomic E-state index is 12.0. The fourth-order valence-corrected chi connectivity index (χ4v) is 3.13. The molecule has 4 heteroatoms. The second-order valence-corrected chi connectivity index (χ2v) is 7.19. The van der Waals surface area contributed by atoms with Gasteiger partial charge in [0.05, 0.1) is 0 Å². The predicted molar refractivity (Wildman–Crippen MR) is 109 cm³/mol. The highest BCUT2D eigenvalue weighted by Crippen LogP contribution is 2.21. The summed E-state index contributed by atoms with van der Waals surface area (Å²) in [7, 11) is 0. The Hall–Kier alpha value is -2.88. The average molecular weight is 362 g/mol. The second kappa shape index (κ2) is 8.67. The number of anilines is 1. The molecule has 0 bridgehead atoms. The van der Waals surface area contributed by atoms with Crippen molar-refractivity contribution in [3.8, 4) is 0 Å². The summed E-state index contributed by atoms with van der Waals surface area (Å²) in [5.74, 6) is 0.561. The zero-order valence-electron chi connectivity index (χ0n) is 15.9. The first-order valence-corrected chi connectivity index (χ1v) is 9.48. The van der Waals surface area contributed by atoms with Crippen molar-refractivity contribution in [2.75, 3.05) is 11.4 Å². The van der Waals surface area contributed by atoms with Gasteiger partial charge in [0.2, 0.25) is 11.8 Å². The molecule has 0 saturated carbocycles. The Balaban J connectivity index is 1.50. The predicted octanol–water partition coefficient (Wildman–Crippen LogP) is 4.27. The lowest BCUT2D eigenvalue weighted by molar-refractivity contribution is -0.117. The first kappa shape index (κ1) is 18.9. The van der Waals surface area contributed by atoms with Crippen molar-refractivity contribution < 1.29 is 9.59 Å². The lowest BCUT2D eigenvalue weighted by Gasteiger charge is -2.15. The first-order chi connectivity index (χ1) is 13.0. The van der Waals surface area contributed by atoms with Crippen LogP contribution < -0.4 is 10.2 Å². The Morgan fingerprint density at radius 2 is 1.81 bits per heavy atom. The van der Waals surface area contributed by atoms with Gasteiger partial charge in [0.15, 0.2) is 0 Å². The highest BCUT2D eigenvalue weighted by atomic mass is 16.2. The lowest BCUT2D eigenvalue weighted by atomic mass is 10.0. The summed E-state index contributed by atoms with van der Waals surface area (Å²) in [6.45, 7) is 5.57. The molecule has 2 aromatic rings. The van der Waals surface area contributed by atoms with Crippen molar-refractivity contribution >= 4 is 23.6 Å². The van der Waals surface area contributed by atoms with Crippen LogP contribution in [-0.2, 0) is 16.1 Å². The number of hydrogen-bond acceptors (Lipinski definition) is 2. The van der Waals surface area contributed by atoms with E-state index in [0.29, 0.717) is 18.9 Å². The van der Waals surface area contributed by atoms with Gasteiger partial charge in [0, 0.05) is 31.3 Å². The van der Waals surface area contributed by atoms with Gasteiger partial charge < -0.3 is 10.2 Å². The molecule has 1 fully saturated rings. The summed E-state index contributed by atoms with van der Waals surface area (Å²) < 4.78 is 0. The van der Waals surface area contributed by atoms with Crippen molar-refractivity contribution in [3.05, 3.63) is 71.3 Å². The average Bonchev–Trinajstić information content (AvgIpc) is 3.11. The SMILES string of the molecule is CC(C)c1ccc(/C=C/C(=O)NCc2ccc(N3CCCC3=O)cc2)cc1. The Kier molecular flexibility index (Phi) is 6.07. The number of hydrogen-bond donors (Lipinski definition) is 1. The highest BCUT2D eigenvalue weighted by Gasteiger charge is 2.21. The molecule has 1 saturated heterocycles. The van der Waals surface area contributed by atoms with E-state index in [9.17, 15) is 9.59 Å². The molecule has 0 unspecified atom stereocenters. The minimum Gasteiger partial charge on any atom is -0.348 e. The van der Waals surface area contributed by atoms with Crippen LogP contribution in [0.4, 0.5) is 5.69 Å². The Bertz CT molecular complexity index is 820. The van der Waals surface area contributed by atoms with Gasteiger partial charge in [-0.3, -0.25) is 9.59 Å². The van der Waals surface area contributed by atoms with E-state index in [1.165, 1.54) is 5.56 Å². The molecule has 1 aliphatic heterocycles. The topological polar surface area (TPSA) is 49.4 Å². The van der Waals surface area contributed by atoms with E-state index in [1.807, 2.05) is 47.4 Å². The molecule has 2 amide bonds. The maximum atomic E-state index is 12.0. The molecular weight excluding hydrogens is 336 g/mol. The van der Waals surface area contributed by atoms with Crippen LogP contribution in [0.2, 0.25) is 0 Å². The monoisotopic (exact) mass is 362 g/mol. The van der Waals surface area contributed by atoms with E-state index < -0.39 is 0 Å². The zero-order chi connectivity index (χ0) is 19.2. The molecule has 1 N–H and O–H groups in total. The molecule has 2 aromatic carbocycles. The van der Waals surface area contributed by atoms with Crippen LogP contribution >= 0.6 is 0 Å². The highest BCUT2D eigenvalue weighted by molar-refractivity contribution is 5.95. The third-order valence-electron chi connectivity index (χ3n) is 4.82. The Morgan fingerprint density at radius 1 is 1.11 bits per heavy atom. The number of nitrogens with one attached hydrogen (secondary N) is 1. The molecule has 0 atom stereocenters. The van der Waals surface area contributed by atoms with Gasteiger partial charge >= 0.3 is 0 Å². The van der Waals surface area contributed by atoms with Crippen LogP contribution in [0.25, 0.3) is 6.08 Å². The molecule has 1 heterocycles. The number of nitrogens with zero attached hydrogens (tertiary/aromatic N) is 1. The third kappa shape index (κ3) is 5.07. The number of carbonyl (C=O) groups is 2. The van der Waals surface area contributed by atoms with Crippen LogP contribution in [0.15, 0.2) is 54.6 Å². The van der Waals surface area contributed by atoms with Crippen molar-refractivity contribution in [1.82, 2.24) is 5.32 Å². The van der Waals surface area contributed by atoms with Crippen LogP contribution in [0.1, 0.15) is 49.3 Å². The van der Waals surface area contributed by atoms with E-state index in [-0.39, 0.29) is 11.8 Å². The summed E-state index contributed by atoms with van der Waals surface area (Å²) >= 11 is 0. The maximum Gasteiger partial charge on any atom is 0.244 e. The number of benzene rings is 2. The largest absolute Gasteiger partial charge is 0.348 e. The Morgan fingerprint density at radius 3 is 2.41 bits per heavy atom. The zero-order valence-corrected chi connectivity index (χ0v) is 15.9. The molecular formula is C23H26N2O2. The lowest BCUT2D eigenvalue weighted by Crippen LogP contribution is -2.23. The fourth-order valence-electron chi connectivity index (χ4n) is 3.13. The summed E-state index contributed by atoms with van der Waals surface area (Å²) in [6.07, 6.45) is 4.93. The van der Waals surface area contributed by atoms with Gasteiger partial charge in [-0.15, -0.1) is 0 Å². The van der Waals surface area contributed by atoms with Crippen LogP contribution in [0.5, 0.6) is 0 Å². The van der Waals surface area contributed by atoms with Crippen molar-refractivity contribution in [3.63, 3.8) is 0 Å². The minimum atomic E-state index is -0.123. The van der Waals surface area contributed by atoms with E-state index >= 15 is 0 Å². The van der Waals surface area contributed by atoms with Gasteiger partial charge in [-0.1, -0.05) is 50.2 Å². The van der Waals surface area contributed by atoms with Crippen molar-refractivity contribution in [2.45, 2.75) is 39.2 Å². The number of carbonyl (C=O) groups excluding carboxylic acids is 2. The van der Waals surface area contributed by atoms with Crippen molar-refractivity contribution in [1.29, 1.82) is 0 Å². The molecule has 0 aromatic heterocycles. The normalized spacial score (nSPS) is 14.3. The van der Waals surface area contributed by atoms with Gasteiger partial charge in [-0.25, -0.2) is 0 Å². The van der Waals surface area contributed by atoms with E-state index in [2.05, 4.69) is 31.3 Å². The quantitative estimate of drug-likeness (QED) is 0.780. The third-order valence-corrected chi connectivity index (χ3v) is 4.82. The van der Waals surface area contributed by atoms with E-state index in [4.69, 9.17) is 0 Å². The second-order valence-electron chi connectivity index (χ2n) is 7.19. The van der Waals surface area contributed by atoms with Crippen LogP contribution in [0, 0.1) is 0 Å². The number of amides is 2. The molecule has 1 aliphatic rings. The van der Waals surface area contributed by atoms with Gasteiger partial charge in [-0.05, 0) is 47.2 Å². The summed E-state index contributed by atoms with van der Waals surface area (Å²) in [5, 5.41) is 2.89. The van der Waals surface area contributed by atoms with Gasteiger partial charge in [0.1, 0.15) is 0 Å². The Labute approximate surface area is 160 Å². The van der Waals surface area contributed by atoms with E-state index in [0.717, 1.165) is 29.8 Å². The molecule has 0 radical (unpaired) electrons. The molecule has 3 rings (SSSR count). The van der Waals surface area contributed by atoms with Crippen LogP contribution in [0.3, 0.4) is 0 Å². The standard InChI is InChI=1S/C23H26N2O2/c1-17(2)20-10-5-18(6-11-20)9-14-22(26)24-16-19-7-12-21(13-8-19)25-15-3-4-23(25)27/h5-14,17H,3-4,15-16H2,1-2H3,(H,24,26)/b14-9+. The summed E-state index contributed by atoms with van der Waals surface area (Å²) in [6, 6.07) is 16.0. The molecule has 0 aliphatic carbocycles. The molecule has 0 spiro atoms. The van der Waals surface area contributed by atoms with Gasteiger partial charge in [-0.2, -0.15) is 0 Å². The summed E-state index contributed by atoms with van der Waals surface area (Å²) in [5.41, 5.74) is 4.23. The van der Waals surface area contributed by atoms with Crippen molar-refractivity contribution in [2.24, 2.45) is 0 Å². The van der Waals surface area contributed by atoms with Crippen LogP contribution in [-0.4, -0.2) is 18.4 Å². The number of rotatable bonds is 6. The minimum absolute atomic E-state index is 0.123. The summed E-state index contributed by atoms with van der Waals surface area (Å²) in [4.78, 5) is 25.6. The van der Waals surface area contributed by atoms with E-state index in [1.54, 1.807) is 6.08 Å². The molecule has 140 valence electrons. The molecule has 27 heavy (non-hydrogen) atoms. The molecule has 4 nitrogen and oxygen atoms in total. The fraction of sp³-hybridized carbons (Fsp3) is 0.304. The van der Waals surface area contributed by atoms with Gasteiger partial charge in [0.25, 0.3) is 0 Å². The first-order valence-electron chi connectivity index (χ1n) is 9.48.